The molecule has 0 bridgehead atoms. The molecule has 0 fully saturated rings. The summed E-state index contributed by atoms with van der Waals surface area (Å²) >= 11 is 6.06. The van der Waals surface area contributed by atoms with Gasteiger partial charge in [0.05, 0.1) is 24.1 Å². The molecule has 0 aliphatic heterocycles. The summed E-state index contributed by atoms with van der Waals surface area (Å²) in [6, 6.07) is 13.5. The highest BCUT2D eigenvalue weighted by atomic mass is 35.5. The number of nitrogens with zero attached hydrogens (tertiary/aromatic N) is 2. The van der Waals surface area contributed by atoms with Crippen LogP contribution in [0, 0.1) is 6.92 Å². The molecule has 1 N–H and O–H groups in total. The van der Waals surface area contributed by atoms with Gasteiger partial charge in [-0.05, 0) is 49.7 Å². The summed E-state index contributed by atoms with van der Waals surface area (Å²) in [7, 11) is 0. The number of fused-ring (bicyclic) bond motifs is 1. The van der Waals surface area contributed by atoms with Crippen LogP contribution < -0.4 is 10.1 Å². The van der Waals surface area contributed by atoms with E-state index in [0.717, 1.165) is 33.2 Å². The molecule has 1 heterocycles. The number of ether oxygens (including phenoxy) is 1. The zero-order valence-electron chi connectivity index (χ0n) is 15.5. The molecule has 1 amide bonds. The highest BCUT2D eigenvalue weighted by Crippen LogP contribution is 2.21. The average Bonchev–Trinajstić information content (AvgIpc) is 3.00. The van der Waals surface area contributed by atoms with Crippen LogP contribution in [0.1, 0.15) is 18.3 Å². The van der Waals surface area contributed by atoms with Gasteiger partial charge in [-0.1, -0.05) is 30.3 Å². The lowest BCUT2D eigenvalue weighted by atomic mass is 10.2. The van der Waals surface area contributed by atoms with Gasteiger partial charge in [-0.15, -0.1) is 0 Å². The van der Waals surface area contributed by atoms with Gasteiger partial charge >= 0.3 is 0 Å². The first-order chi connectivity index (χ1) is 13.0. The van der Waals surface area contributed by atoms with E-state index in [1.165, 1.54) is 0 Å². The predicted molar refractivity (Wildman–Crippen MR) is 108 cm³/mol. The van der Waals surface area contributed by atoms with Gasteiger partial charge in [0, 0.05) is 10.6 Å². The summed E-state index contributed by atoms with van der Waals surface area (Å²) < 4.78 is 7.94. The Bertz CT molecular complexity index is 994. The van der Waals surface area contributed by atoms with E-state index in [1.807, 2.05) is 49.4 Å². The molecule has 6 heteroatoms. The summed E-state index contributed by atoms with van der Waals surface area (Å²) in [6.07, 6.45) is 0. The molecule has 1 aromatic heterocycles. The van der Waals surface area contributed by atoms with Gasteiger partial charge < -0.3 is 14.6 Å². The van der Waals surface area contributed by atoms with Gasteiger partial charge in [-0.25, -0.2) is 4.98 Å². The second-order valence-electron chi connectivity index (χ2n) is 6.39. The molecule has 0 radical (unpaired) electrons. The molecule has 0 saturated heterocycles. The van der Waals surface area contributed by atoms with E-state index in [-0.39, 0.29) is 5.91 Å². The lowest BCUT2D eigenvalue weighted by molar-refractivity contribution is -0.117. The number of hydrogen-bond acceptors (Lipinski definition) is 3. The highest BCUT2D eigenvalue weighted by molar-refractivity contribution is 6.31. The van der Waals surface area contributed by atoms with E-state index in [1.54, 1.807) is 6.92 Å². The monoisotopic (exact) mass is 383 g/mol. The Hall–Kier alpha value is -2.79. The lowest BCUT2D eigenvalue weighted by Gasteiger charge is -2.12. The van der Waals surface area contributed by atoms with Crippen LogP contribution in [0.15, 0.2) is 54.6 Å². The highest BCUT2D eigenvalue weighted by Gasteiger charge is 2.12. The standard InChI is InChI=1S/C21H22ClN3O2/c1-14(2)21(26)23-13-20-24-18-6-4-5-7-19(18)25(20)10-11-27-16-8-9-17(22)15(3)12-16/h4-9,12H,1,10-11,13H2,2-3H3,(H,23,26). The second-order valence-corrected chi connectivity index (χ2v) is 6.80. The molecule has 2 aromatic carbocycles. The number of carbonyl (C=O) groups is 1. The maximum Gasteiger partial charge on any atom is 0.246 e. The second kappa shape index (κ2) is 8.27. The number of benzene rings is 2. The van der Waals surface area contributed by atoms with Crippen LogP contribution in [0.2, 0.25) is 5.02 Å². The van der Waals surface area contributed by atoms with E-state index < -0.39 is 0 Å². The fourth-order valence-electron chi connectivity index (χ4n) is 2.78. The minimum atomic E-state index is -0.179. The minimum Gasteiger partial charge on any atom is -0.492 e. The Morgan fingerprint density at radius 2 is 2.07 bits per heavy atom. The van der Waals surface area contributed by atoms with Crippen LogP contribution in [0.5, 0.6) is 5.75 Å². The van der Waals surface area contributed by atoms with Crippen molar-refractivity contribution in [3.8, 4) is 5.75 Å². The summed E-state index contributed by atoms with van der Waals surface area (Å²) in [6.45, 7) is 8.71. The Morgan fingerprint density at radius 1 is 1.30 bits per heavy atom. The van der Waals surface area contributed by atoms with Crippen LogP contribution in [-0.2, 0) is 17.9 Å². The van der Waals surface area contributed by atoms with Crippen molar-refractivity contribution < 1.29 is 9.53 Å². The van der Waals surface area contributed by atoms with Gasteiger partial charge in [0.25, 0.3) is 0 Å². The number of aryl methyl sites for hydroxylation is 1. The number of hydrogen-bond donors (Lipinski definition) is 1. The molecule has 0 aliphatic carbocycles. The van der Waals surface area contributed by atoms with Gasteiger partial charge in [-0.2, -0.15) is 0 Å². The smallest absolute Gasteiger partial charge is 0.246 e. The number of aromatic nitrogens is 2. The summed E-state index contributed by atoms with van der Waals surface area (Å²) in [5, 5.41) is 3.57. The molecule has 0 spiro atoms. The fourth-order valence-corrected chi connectivity index (χ4v) is 2.90. The zero-order valence-corrected chi connectivity index (χ0v) is 16.2. The number of rotatable bonds is 7. The lowest BCUT2D eigenvalue weighted by Crippen LogP contribution is -2.25. The van der Waals surface area contributed by atoms with Crippen LogP contribution in [0.25, 0.3) is 11.0 Å². The van der Waals surface area contributed by atoms with Crippen molar-refractivity contribution in [1.82, 2.24) is 14.9 Å². The SMILES string of the molecule is C=C(C)C(=O)NCc1nc2ccccc2n1CCOc1ccc(Cl)c(C)c1. The first kappa shape index (κ1) is 19.0. The summed E-state index contributed by atoms with van der Waals surface area (Å²) in [4.78, 5) is 16.5. The number of imidazole rings is 1. The van der Waals surface area contributed by atoms with Crippen LogP contribution in [0.4, 0.5) is 0 Å². The van der Waals surface area contributed by atoms with E-state index in [0.29, 0.717) is 25.3 Å². The normalized spacial score (nSPS) is 10.8. The van der Waals surface area contributed by atoms with Crippen LogP contribution >= 0.6 is 11.6 Å². The third-order valence-electron chi connectivity index (χ3n) is 4.24. The molecule has 0 saturated carbocycles. The molecular weight excluding hydrogens is 362 g/mol. The maximum absolute atomic E-state index is 11.8. The molecule has 3 rings (SSSR count). The number of amides is 1. The van der Waals surface area contributed by atoms with Gasteiger partial charge in [-0.3, -0.25) is 4.79 Å². The maximum atomic E-state index is 11.8. The van der Waals surface area contributed by atoms with Crippen molar-refractivity contribution in [1.29, 1.82) is 0 Å². The average molecular weight is 384 g/mol. The third kappa shape index (κ3) is 4.49. The Labute approximate surface area is 163 Å². The molecule has 0 aliphatic rings. The van der Waals surface area contributed by atoms with Crippen LogP contribution in [0.3, 0.4) is 0 Å². The fraction of sp³-hybridized carbons (Fsp3) is 0.238. The largest absolute Gasteiger partial charge is 0.492 e. The van der Waals surface area contributed by atoms with Crippen LogP contribution in [-0.4, -0.2) is 22.1 Å². The van der Waals surface area contributed by atoms with Crippen molar-refractivity contribution in [2.75, 3.05) is 6.61 Å². The number of carbonyl (C=O) groups excluding carboxylic acids is 1. The number of para-hydroxylation sites is 2. The first-order valence-corrected chi connectivity index (χ1v) is 9.10. The number of halogens is 1. The van der Waals surface area contributed by atoms with Crippen molar-refractivity contribution in [2.45, 2.75) is 26.9 Å². The van der Waals surface area contributed by atoms with Crippen molar-refractivity contribution in [3.63, 3.8) is 0 Å². The van der Waals surface area contributed by atoms with E-state index in [9.17, 15) is 4.79 Å². The van der Waals surface area contributed by atoms with Crippen molar-refractivity contribution >= 4 is 28.5 Å². The Balaban J connectivity index is 1.75. The number of nitrogens with one attached hydrogen (secondary N) is 1. The summed E-state index contributed by atoms with van der Waals surface area (Å²) in [5.74, 6) is 1.38. The van der Waals surface area contributed by atoms with Gasteiger partial charge in [0.2, 0.25) is 5.91 Å². The first-order valence-electron chi connectivity index (χ1n) is 8.72. The summed E-state index contributed by atoms with van der Waals surface area (Å²) in [5.41, 5.74) is 3.34. The molecule has 3 aromatic rings. The topological polar surface area (TPSA) is 56.2 Å². The van der Waals surface area contributed by atoms with Gasteiger partial charge in [0.15, 0.2) is 0 Å². The zero-order chi connectivity index (χ0) is 19.4. The Morgan fingerprint density at radius 3 is 2.81 bits per heavy atom. The third-order valence-corrected chi connectivity index (χ3v) is 4.67. The van der Waals surface area contributed by atoms with E-state index in [4.69, 9.17) is 16.3 Å². The van der Waals surface area contributed by atoms with E-state index >= 15 is 0 Å². The van der Waals surface area contributed by atoms with Crippen molar-refractivity contribution in [2.24, 2.45) is 0 Å². The van der Waals surface area contributed by atoms with E-state index in [2.05, 4.69) is 21.4 Å². The quantitative estimate of drug-likeness (QED) is 0.620. The molecule has 5 nitrogen and oxygen atoms in total. The molecule has 140 valence electrons. The van der Waals surface area contributed by atoms with Crippen molar-refractivity contribution in [3.05, 3.63) is 71.0 Å². The minimum absolute atomic E-state index is 0.179. The van der Waals surface area contributed by atoms with Gasteiger partial charge in [0.1, 0.15) is 18.2 Å². The Kier molecular flexibility index (Phi) is 5.81. The molecule has 0 unspecified atom stereocenters. The molecule has 0 atom stereocenters. The predicted octanol–water partition coefficient (Wildman–Crippen LogP) is 4.27. The molecule has 27 heavy (non-hydrogen) atoms. The molecular formula is C21H22ClN3O2.